The van der Waals surface area contributed by atoms with Crippen molar-refractivity contribution in [3.05, 3.63) is 0 Å². The zero-order valence-electron chi connectivity index (χ0n) is 6.90. The van der Waals surface area contributed by atoms with Gasteiger partial charge in [0.05, 0.1) is 0 Å². The molecule has 0 aromatic carbocycles. The van der Waals surface area contributed by atoms with E-state index in [1.54, 1.807) is 0 Å². The van der Waals surface area contributed by atoms with Gasteiger partial charge >= 0.3 is 13.5 Å². The summed E-state index contributed by atoms with van der Waals surface area (Å²) in [6.07, 6.45) is 3.28. The van der Waals surface area contributed by atoms with Gasteiger partial charge in [-0.2, -0.15) is 0 Å². The molecule has 0 atom stereocenters. The maximum absolute atomic E-state index is 9.87. The van der Waals surface area contributed by atoms with E-state index in [4.69, 9.17) is 5.11 Å². The molecule has 0 radical (unpaired) electrons. The van der Waals surface area contributed by atoms with Gasteiger partial charge in [0.2, 0.25) is 0 Å². The molecule has 72 valence electrons. The van der Waals surface area contributed by atoms with Crippen molar-refractivity contribution in [2.75, 3.05) is 0 Å². The molecule has 0 saturated heterocycles. The van der Waals surface area contributed by atoms with Crippen LogP contribution < -0.4 is 0 Å². The number of carboxylic acids is 1. The summed E-state index contributed by atoms with van der Waals surface area (Å²) < 4.78 is 29.0. The van der Waals surface area contributed by atoms with Gasteiger partial charge in [0.15, 0.2) is 0 Å². The SMILES string of the molecule is CCCCCC(=O)O.FB(F)F. The van der Waals surface area contributed by atoms with E-state index in [2.05, 4.69) is 6.92 Å². The van der Waals surface area contributed by atoms with Crippen molar-refractivity contribution >= 4 is 13.5 Å². The van der Waals surface area contributed by atoms with Crippen LogP contribution in [0.15, 0.2) is 0 Å². The topological polar surface area (TPSA) is 37.3 Å². The van der Waals surface area contributed by atoms with Crippen molar-refractivity contribution in [3.63, 3.8) is 0 Å². The Labute approximate surface area is 70.0 Å². The highest BCUT2D eigenvalue weighted by atomic mass is 19.4. The van der Waals surface area contributed by atoms with Crippen LogP contribution in [-0.2, 0) is 4.79 Å². The van der Waals surface area contributed by atoms with E-state index in [9.17, 15) is 17.7 Å². The molecule has 0 spiro atoms. The van der Waals surface area contributed by atoms with Gasteiger partial charge < -0.3 is 5.11 Å². The average molecular weight is 184 g/mol. The largest absolute Gasteiger partial charge is 0.762 e. The molecule has 0 heterocycles. The molecule has 0 aliphatic rings. The average Bonchev–Trinajstić information content (AvgIpc) is 1.86. The normalized spacial score (nSPS) is 8.33. The van der Waals surface area contributed by atoms with Gasteiger partial charge in [-0.3, -0.25) is 17.7 Å². The summed E-state index contributed by atoms with van der Waals surface area (Å²) in [5, 5.41) is 8.14. The Morgan fingerprint density at radius 1 is 1.33 bits per heavy atom. The number of hydrogen-bond donors (Lipinski definition) is 1. The standard InChI is InChI=1S/C6H12O2.BF3/c1-2-3-4-5-6(7)8;2-1(3)4/h2-5H2,1H3,(H,7,8);. The van der Waals surface area contributed by atoms with Crippen LogP contribution in [0.3, 0.4) is 0 Å². The molecular weight excluding hydrogens is 172 g/mol. The van der Waals surface area contributed by atoms with E-state index in [0.717, 1.165) is 19.3 Å². The first-order valence-electron chi connectivity index (χ1n) is 3.64. The lowest BCUT2D eigenvalue weighted by Gasteiger charge is -1.89. The Bertz CT molecular complexity index is 108. The molecule has 0 aliphatic carbocycles. The maximum atomic E-state index is 9.87. The Morgan fingerprint density at radius 3 is 2.00 bits per heavy atom. The van der Waals surface area contributed by atoms with Gasteiger partial charge in [0.25, 0.3) is 0 Å². The fourth-order valence-electron chi connectivity index (χ4n) is 0.526. The van der Waals surface area contributed by atoms with Crippen LogP contribution in [0.4, 0.5) is 12.9 Å². The maximum Gasteiger partial charge on any atom is 0.762 e. The molecule has 0 amide bonds. The fourth-order valence-corrected chi connectivity index (χ4v) is 0.526. The monoisotopic (exact) mass is 184 g/mol. The Kier molecular flexibility index (Phi) is 11.9. The Morgan fingerprint density at radius 2 is 1.75 bits per heavy atom. The molecule has 0 aliphatic heterocycles. The fraction of sp³-hybridized carbons (Fsp3) is 0.833. The third-order valence-corrected chi connectivity index (χ3v) is 0.994. The molecule has 2 nitrogen and oxygen atoms in total. The van der Waals surface area contributed by atoms with Crippen molar-refractivity contribution in [1.82, 2.24) is 0 Å². The molecule has 0 aromatic heterocycles. The Hall–Kier alpha value is -0.675. The number of carboxylic acid groups (broad SMARTS) is 1. The highest BCUT2D eigenvalue weighted by Gasteiger charge is 2.06. The first-order chi connectivity index (χ1) is 5.50. The van der Waals surface area contributed by atoms with Gasteiger partial charge in [-0.25, -0.2) is 0 Å². The second-order valence-electron chi connectivity index (χ2n) is 2.10. The zero-order valence-corrected chi connectivity index (χ0v) is 6.90. The number of hydrogen-bond acceptors (Lipinski definition) is 1. The summed E-state index contributed by atoms with van der Waals surface area (Å²) in [6, 6.07) is 0. The van der Waals surface area contributed by atoms with Crippen LogP contribution in [0, 0.1) is 0 Å². The summed E-state index contributed by atoms with van der Waals surface area (Å²) in [7, 11) is -3.67. The molecule has 0 rings (SSSR count). The van der Waals surface area contributed by atoms with Gasteiger partial charge in [-0.15, -0.1) is 0 Å². The van der Waals surface area contributed by atoms with Crippen LogP contribution in [0.1, 0.15) is 32.6 Å². The molecule has 0 saturated carbocycles. The lowest BCUT2D eigenvalue weighted by atomic mass is 10.2. The molecule has 0 unspecified atom stereocenters. The highest BCUT2D eigenvalue weighted by Crippen LogP contribution is 1.97. The second kappa shape index (κ2) is 10.3. The minimum absolute atomic E-state index is 0.327. The van der Waals surface area contributed by atoms with Crippen LogP contribution in [0.5, 0.6) is 0 Å². The molecule has 0 aromatic rings. The minimum Gasteiger partial charge on any atom is -0.481 e. The Balaban J connectivity index is 0. The molecule has 12 heavy (non-hydrogen) atoms. The second-order valence-corrected chi connectivity index (χ2v) is 2.10. The van der Waals surface area contributed by atoms with Gasteiger partial charge in [0, 0.05) is 6.42 Å². The number of carbonyl (C=O) groups is 1. The van der Waals surface area contributed by atoms with E-state index in [0.29, 0.717) is 6.42 Å². The van der Waals surface area contributed by atoms with Crippen LogP contribution >= 0.6 is 0 Å². The predicted molar refractivity (Wildman–Crippen MR) is 40.9 cm³/mol. The van der Waals surface area contributed by atoms with Crippen LogP contribution in [0.25, 0.3) is 0 Å². The lowest BCUT2D eigenvalue weighted by Crippen LogP contribution is -1.92. The summed E-state index contributed by atoms with van der Waals surface area (Å²) >= 11 is 0. The minimum atomic E-state index is -3.67. The van der Waals surface area contributed by atoms with E-state index in [1.165, 1.54) is 0 Å². The predicted octanol–water partition coefficient (Wildman–Crippen LogP) is 2.53. The molecule has 6 heteroatoms. The van der Waals surface area contributed by atoms with Crippen molar-refractivity contribution in [2.24, 2.45) is 0 Å². The number of halogens is 3. The van der Waals surface area contributed by atoms with E-state index in [1.807, 2.05) is 0 Å². The molecule has 0 bridgehead atoms. The summed E-state index contributed by atoms with van der Waals surface area (Å²) in [4.78, 5) is 9.87. The molecular formula is C6H12BF3O2. The highest BCUT2D eigenvalue weighted by molar-refractivity contribution is 6.33. The summed E-state index contributed by atoms with van der Waals surface area (Å²) in [5.74, 6) is -0.682. The van der Waals surface area contributed by atoms with Gasteiger partial charge in [-0.05, 0) is 6.42 Å². The first kappa shape index (κ1) is 13.9. The van der Waals surface area contributed by atoms with Crippen molar-refractivity contribution < 1.29 is 22.8 Å². The number of aliphatic carboxylic acids is 1. The number of rotatable bonds is 4. The summed E-state index contributed by atoms with van der Waals surface area (Å²) in [6.45, 7) is 2.06. The molecule has 1 N–H and O–H groups in total. The number of unbranched alkanes of at least 4 members (excludes halogenated alkanes) is 2. The van der Waals surface area contributed by atoms with Crippen LogP contribution in [-0.4, -0.2) is 18.6 Å². The van der Waals surface area contributed by atoms with Crippen molar-refractivity contribution in [2.45, 2.75) is 32.6 Å². The van der Waals surface area contributed by atoms with Crippen molar-refractivity contribution in [3.8, 4) is 0 Å². The van der Waals surface area contributed by atoms with Gasteiger partial charge in [-0.1, -0.05) is 19.8 Å². The quantitative estimate of drug-likeness (QED) is 0.538. The van der Waals surface area contributed by atoms with E-state index < -0.39 is 13.5 Å². The third-order valence-electron chi connectivity index (χ3n) is 0.994. The van der Waals surface area contributed by atoms with Crippen LogP contribution in [0.2, 0.25) is 0 Å². The smallest absolute Gasteiger partial charge is 0.481 e. The van der Waals surface area contributed by atoms with Crippen molar-refractivity contribution in [1.29, 1.82) is 0 Å². The van der Waals surface area contributed by atoms with Gasteiger partial charge in [0.1, 0.15) is 0 Å². The summed E-state index contributed by atoms with van der Waals surface area (Å²) in [5.41, 5.74) is 0. The third kappa shape index (κ3) is 34.6. The first-order valence-corrected chi connectivity index (χ1v) is 3.64. The molecule has 0 fully saturated rings. The van der Waals surface area contributed by atoms with E-state index >= 15 is 0 Å². The zero-order chi connectivity index (χ0) is 9.98. The lowest BCUT2D eigenvalue weighted by molar-refractivity contribution is -0.137. The van der Waals surface area contributed by atoms with E-state index in [-0.39, 0.29) is 0 Å².